The number of benzene rings is 1. The van der Waals surface area contributed by atoms with E-state index in [4.69, 9.17) is 14.0 Å². The summed E-state index contributed by atoms with van der Waals surface area (Å²) in [6.45, 7) is 2.24. The molecule has 3 aromatic rings. The molecule has 6 nitrogen and oxygen atoms in total. The lowest BCUT2D eigenvalue weighted by atomic mass is 10.2. The van der Waals surface area contributed by atoms with Crippen molar-refractivity contribution >= 4 is 17.3 Å². The monoisotopic (exact) mass is 344 g/mol. The number of esters is 1. The summed E-state index contributed by atoms with van der Waals surface area (Å²) in [6.07, 6.45) is 0.156. The summed E-state index contributed by atoms with van der Waals surface area (Å²) in [7, 11) is 0. The van der Waals surface area contributed by atoms with Gasteiger partial charge in [0, 0.05) is 5.38 Å². The molecule has 0 fully saturated rings. The second kappa shape index (κ2) is 7.74. The molecule has 3 rings (SSSR count). The van der Waals surface area contributed by atoms with Crippen LogP contribution >= 0.6 is 11.3 Å². The maximum absolute atomic E-state index is 11.7. The first kappa shape index (κ1) is 16.2. The van der Waals surface area contributed by atoms with Crippen molar-refractivity contribution in [3.63, 3.8) is 0 Å². The first-order valence-corrected chi connectivity index (χ1v) is 8.35. The summed E-state index contributed by atoms with van der Waals surface area (Å²) in [5.74, 6) is 1.12. The van der Waals surface area contributed by atoms with Crippen molar-refractivity contribution in [2.45, 2.75) is 20.0 Å². The fourth-order valence-electron chi connectivity index (χ4n) is 1.92. The number of thiophene rings is 1. The molecule has 24 heavy (non-hydrogen) atoms. The van der Waals surface area contributed by atoms with Gasteiger partial charge in [0.1, 0.15) is 5.75 Å². The summed E-state index contributed by atoms with van der Waals surface area (Å²) < 4.78 is 15.7. The maximum atomic E-state index is 11.7. The van der Waals surface area contributed by atoms with Crippen LogP contribution in [-0.2, 0) is 16.1 Å². The fraction of sp³-hybridized carbons (Fsp3) is 0.235. The van der Waals surface area contributed by atoms with Crippen molar-refractivity contribution in [3.05, 3.63) is 52.5 Å². The molecule has 2 aromatic heterocycles. The third-order valence-corrected chi connectivity index (χ3v) is 3.88. The van der Waals surface area contributed by atoms with Gasteiger partial charge >= 0.3 is 5.97 Å². The molecule has 0 aliphatic carbocycles. The Morgan fingerprint density at radius 1 is 1.25 bits per heavy atom. The Morgan fingerprint density at radius 2 is 2.08 bits per heavy atom. The lowest BCUT2D eigenvalue weighted by molar-refractivity contribution is -0.145. The van der Waals surface area contributed by atoms with Gasteiger partial charge in [0.2, 0.25) is 5.82 Å². The van der Waals surface area contributed by atoms with Crippen LogP contribution in [-0.4, -0.2) is 22.7 Å². The zero-order valence-electron chi connectivity index (χ0n) is 13.1. The number of carbonyl (C=O) groups is 1. The summed E-state index contributed by atoms with van der Waals surface area (Å²) in [4.78, 5) is 15.9. The Hall–Kier alpha value is -2.67. The molecule has 0 radical (unpaired) electrons. The summed E-state index contributed by atoms with van der Waals surface area (Å²) in [5.41, 5.74) is 2.01. The number of ether oxygens (including phenoxy) is 2. The SMILES string of the molecule is Cc1ccc(OCCC(=O)OCc2noc(-c3ccsc3)n2)cc1. The molecule has 0 amide bonds. The van der Waals surface area contributed by atoms with Crippen molar-refractivity contribution < 1.29 is 18.8 Å². The number of aryl methyl sites for hydroxylation is 1. The summed E-state index contributed by atoms with van der Waals surface area (Å²) in [5, 5.41) is 7.62. The molecule has 1 aromatic carbocycles. The molecule has 0 aliphatic heterocycles. The molecule has 0 atom stereocenters. The van der Waals surface area contributed by atoms with Gasteiger partial charge in [-0.15, -0.1) is 0 Å². The first-order valence-electron chi connectivity index (χ1n) is 7.41. The smallest absolute Gasteiger partial charge is 0.309 e. The van der Waals surface area contributed by atoms with E-state index in [0.717, 1.165) is 16.9 Å². The van der Waals surface area contributed by atoms with Gasteiger partial charge in [-0.05, 0) is 30.5 Å². The van der Waals surface area contributed by atoms with Crippen LogP contribution in [0.4, 0.5) is 0 Å². The molecule has 0 saturated carbocycles. The summed E-state index contributed by atoms with van der Waals surface area (Å²) >= 11 is 1.54. The van der Waals surface area contributed by atoms with Gasteiger partial charge in [0.25, 0.3) is 5.89 Å². The first-order chi connectivity index (χ1) is 11.7. The van der Waals surface area contributed by atoms with Crippen LogP contribution in [0.5, 0.6) is 5.75 Å². The number of hydrogen-bond donors (Lipinski definition) is 0. The molecule has 0 N–H and O–H groups in total. The van der Waals surface area contributed by atoms with E-state index < -0.39 is 0 Å². The van der Waals surface area contributed by atoms with E-state index in [1.165, 1.54) is 0 Å². The van der Waals surface area contributed by atoms with Crippen molar-refractivity contribution in [2.75, 3.05) is 6.61 Å². The minimum absolute atomic E-state index is 0.0169. The number of hydrogen-bond acceptors (Lipinski definition) is 7. The van der Waals surface area contributed by atoms with Gasteiger partial charge in [0.15, 0.2) is 6.61 Å². The molecule has 2 heterocycles. The Morgan fingerprint density at radius 3 is 2.83 bits per heavy atom. The van der Waals surface area contributed by atoms with Crippen molar-refractivity contribution in [2.24, 2.45) is 0 Å². The van der Waals surface area contributed by atoms with Crippen molar-refractivity contribution in [3.8, 4) is 17.2 Å². The molecule has 124 valence electrons. The summed E-state index contributed by atoms with van der Waals surface area (Å²) in [6, 6.07) is 9.53. The maximum Gasteiger partial charge on any atom is 0.309 e. The highest BCUT2D eigenvalue weighted by atomic mass is 32.1. The van der Waals surface area contributed by atoms with Crippen LogP contribution in [0.2, 0.25) is 0 Å². The van der Waals surface area contributed by atoms with Crippen LogP contribution in [0.25, 0.3) is 11.5 Å². The molecule has 0 bridgehead atoms. The normalized spacial score (nSPS) is 10.5. The lowest BCUT2D eigenvalue weighted by Crippen LogP contribution is -2.10. The molecular weight excluding hydrogens is 328 g/mol. The van der Waals surface area contributed by atoms with Crippen LogP contribution in [0.3, 0.4) is 0 Å². The van der Waals surface area contributed by atoms with E-state index in [2.05, 4.69) is 10.1 Å². The highest BCUT2D eigenvalue weighted by molar-refractivity contribution is 7.08. The van der Waals surface area contributed by atoms with Crippen molar-refractivity contribution in [1.29, 1.82) is 0 Å². The van der Waals surface area contributed by atoms with Crippen LogP contribution in [0.1, 0.15) is 17.8 Å². The molecule has 0 spiro atoms. The van der Waals surface area contributed by atoms with Gasteiger partial charge < -0.3 is 14.0 Å². The van der Waals surface area contributed by atoms with E-state index >= 15 is 0 Å². The van der Waals surface area contributed by atoms with E-state index in [-0.39, 0.29) is 25.6 Å². The standard InChI is InChI=1S/C17H16N2O4S/c1-12-2-4-14(5-3-12)21-8-6-16(20)22-10-15-18-17(23-19-15)13-7-9-24-11-13/h2-5,7,9,11H,6,8,10H2,1H3. The second-order valence-corrected chi connectivity index (χ2v) is 5.88. The molecule has 0 aliphatic rings. The number of nitrogens with zero attached hydrogens (tertiary/aromatic N) is 2. The predicted octanol–water partition coefficient (Wildman–Crippen LogP) is 3.62. The largest absolute Gasteiger partial charge is 0.493 e. The average Bonchev–Trinajstić information content (AvgIpc) is 3.26. The zero-order valence-corrected chi connectivity index (χ0v) is 13.9. The Balaban J connectivity index is 1.40. The minimum Gasteiger partial charge on any atom is -0.493 e. The van der Waals surface area contributed by atoms with E-state index in [9.17, 15) is 4.79 Å². The Labute approximate surface area is 143 Å². The van der Waals surface area contributed by atoms with Crippen LogP contribution in [0.15, 0.2) is 45.6 Å². The lowest BCUT2D eigenvalue weighted by Gasteiger charge is -2.06. The molecule has 0 unspecified atom stereocenters. The van der Waals surface area contributed by atoms with E-state index in [1.807, 2.05) is 48.0 Å². The van der Waals surface area contributed by atoms with Gasteiger partial charge in [-0.3, -0.25) is 4.79 Å². The van der Waals surface area contributed by atoms with Crippen LogP contribution in [0, 0.1) is 6.92 Å². The topological polar surface area (TPSA) is 74.5 Å². The molecule has 7 heteroatoms. The number of carbonyl (C=O) groups excluding carboxylic acids is 1. The number of aromatic nitrogens is 2. The second-order valence-electron chi connectivity index (χ2n) is 5.10. The van der Waals surface area contributed by atoms with Gasteiger partial charge in [-0.25, -0.2) is 0 Å². The van der Waals surface area contributed by atoms with Gasteiger partial charge in [-0.2, -0.15) is 16.3 Å². The van der Waals surface area contributed by atoms with E-state index in [0.29, 0.717) is 11.7 Å². The Kier molecular flexibility index (Phi) is 5.22. The van der Waals surface area contributed by atoms with E-state index in [1.54, 1.807) is 11.3 Å². The molecule has 0 saturated heterocycles. The fourth-order valence-corrected chi connectivity index (χ4v) is 2.55. The molecular formula is C17H16N2O4S. The minimum atomic E-state index is -0.371. The highest BCUT2D eigenvalue weighted by Crippen LogP contribution is 2.20. The van der Waals surface area contributed by atoms with Crippen molar-refractivity contribution in [1.82, 2.24) is 10.1 Å². The third kappa shape index (κ3) is 4.42. The number of rotatable bonds is 7. The van der Waals surface area contributed by atoms with Crippen LogP contribution < -0.4 is 4.74 Å². The van der Waals surface area contributed by atoms with Gasteiger partial charge in [-0.1, -0.05) is 22.9 Å². The predicted molar refractivity (Wildman–Crippen MR) is 88.7 cm³/mol. The zero-order chi connectivity index (χ0) is 16.8. The van der Waals surface area contributed by atoms with Gasteiger partial charge in [0.05, 0.1) is 18.6 Å². The Bertz CT molecular complexity index is 781. The third-order valence-electron chi connectivity index (χ3n) is 3.19. The average molecular weight is 344 g/mol. The quantitative estimate of drug-likeness (QED) is 0.610. The highest BCUT2D eigenvalue weighted by Gasteiger charge is 2.11.